The Labute approximate surface area is 128 Å². The van der Waals surface area contributed by atoms with Crippen LogP contribution in [0.5, 0.6) is 5.75 Å². The van der Waals surface area contributed by atoms with Gasteiger partial charge in [0.2, 0.25) is 5.91 Å². The molecule has 1 N–H and O–H groups in total. The maximum Gasteiger partial charge on any atom is 0.220 e. The van der Waals surface area contributed by atoms with E-state index in [1.165, 1.54) is 5.56 Å². The van der Waals surface area contributed by atoms with Gasteiger partial charge in [-0.2, -0.15) is 0 Å². The molecule has 110 valence electrons. The van der Waals surface area contributed by atoms with E-state index in [0.717, 1.165) is 35.2 Å². The lowest BCUT2D eigenvalue weighted by Crippen LogP contribution is -2.24. The Morgan fingerprint density at radius 1 is 1.55 bits per heavy atom. The first kappa shape index (κ1) is 15.3. The van der Waals surface area contributed by atoms with Crippen LogP contribution in [-0.4, -0.2) is 25.7 Å². The lowest BCUT2D eigenvalue weighted by atomic mass is 10.1. The van der Waals surface area contributed by atoms with Crippen LogP contribution in [0.1, 0.15) is 30.9 Å². The van der Waals surface area contributed by atoms with Crippen molar-refractivity contribution in [3.8, 4) is 5.75 Å². The zero-order valence-electron chi connectivity index (χ0n) is 11.9. The molecule has 0 saturated carbocycles. The molecule has 20 heavy (non-hydrogen) atoms. The number of fused-ring (bicyclic) bond motifs is 1. The molecule has 5 heteroatoms. The van der Waals surface area contributed by atoms with Crippen LogP contribution in [0.15, 0.2) is 16.6 Å². The molecule has 0 fully saturated rings. The van der Waals surface area contributed by atoms with E-state index in [4.69, 9.17) is 9.47 Å². The van der Waals surface area contributed by atoms with Gasteiger partial charge in [-0.25, -0.2) is 0 Å². The van der Waals surface area contributed by atoms with Crippen molar-refractivity contribution in [2.45, 2.75) is 38.8 Å². The van der Waals surface area contributed by atoms with Gasteiger partial charge in [-0.05, 0) is 31.0 Å². The van der Waals surface area contributed by atoms with Crippen molar-refractivity contribution in [1.82, 2.24) is 5.32 Å². The molecule has 1 aliphatic rings. The average Bonchev–Trinajstić information content (AvgIpc) is 2.90. The van der Waals surface area contributed by atoms with Gasteiger partial charge in [-0.15, -0.1) is 0 Å². The van der Waals surface area contributed by atoms with Crippen molar-refractivity contribution in [2.24, 2.45) is 0 Å². The lowest BCUT2D eigenvalue weighted by Gasteiger charge is -2.12. The van der Waals surface area contributed by atoms with Gasteiger partial charge in [0.25, 0.3) is 0 Å². The van der Waals surface area contributed by atoms with Crippen LogP contribution in [0.4, 0.5) is 0 Å². The number of carbonyl (C=O) groups is 1. The van der Waals surface area contributed by atoms with Crippen LogP contribution in [0.3, 0.4) is 0 Å². The number of hydrogen-bond donors (Lipinski definition) is 1. The monoisotopic (exact) mass is 341 g/mol. The zero-order valence-corrected chi connectivity index (χ0v) is 13.5. The van der Waals surface area contributed by atoms with Crippen molar-refractivity contribution in [3.63, 3.8) is 0 Å². The SMILES string of the molecule is COC(C)CCC(=O)NCc1cc(Br)cc2c1OCC2. The van der Waals surface area contributed by atoms with E-state index in [1.54, 1.807) is 7.11 Å². The third-order valence-electron chi connectivity index (χ3n) is 3.48. The van der Waals surface area contributed by atoms with Crippen LogP contribution >= 0.6 is 15.9 Å². The van der Waals surface area contributed by atoms with Gasteiger partial charge in [-0.1, -0.05) is 15.9 Å². The summed E-state index contributed by atoms with van der Waals surface area (Å²) < 4.78 is 11.8. The van der Waals surface area contributed by atoms with Crippen molar-refractivity contribution in [2.75, 3.05) is 13.7 Å². The second-order valence-corrected chi connectivity index (χ2v) is 5.93. The fourth-order valence-corrected chi connectivity index (χ4v) is 2.76. The van der Waals surface area contributed by atoms with Gasteiger partial charge < -0.3 is 14.8 Å². The molecule has 0 aliphatic carbocycles. The molecular formula is C15H20BrNO3. The summed E-state index contributed by atoms with van der Waals surface area (Å²) in [6.07, 6.45) is 2.25. The Bertz CT molecular complexity index is 490. The molecule has 1 aliphatic heterocycles. The maximum absolute atomic E-state index is 11.8. The first-order valence-corrected chi connectivity index (χ1v) is 7.63. The quantitative estimate of drug-likeness (QED) is 0.865. The first-order valence-electron chi connectivity index (χ1n) is 6.83. The Hall–Kier alpha value is -1.07. The fourth-order valence-electron chi connectivity index (χ4n) is 2.21. The van der Waals surface area contributed by atoms with E-state index in [2.05, 4.69) is 27.3 Å². The maximum atomic E-state index is 11.8. The number of hydrogen-bond acceptors (Lipinski definition) is 3. The molecule has 1 atom stereocenters. The minimum absolute atomic E-state index is 0.0422. The summed E-state index contributed by atoms with van der Waals surface area (Å²) in [5.74, 6) is 0.972. The molecule has 1 amide bonds. The minimum Gasteiger partial charge on any atom is -0.493 e. The first-order chi connectivity index (χ1) is 9.60. The highest BCUT2D eigenvalue weighted by Crippen LogP contribution is 2.32. The van der Waals surface area contributed by atoms with Gasteiger partial charge >= 0.3 is 0 Å². The van der Waals surface area contributed by atoms with Crippen LogP contribution < -0.4 is 10.1 Å². The third kappa shape index (κ3) is 3.96. The predicted molar refractivity (Wildman–Crippen MR) is 80.9 cm³/mol. The summed E-state index contributed by atoms with van der Waals surface area (Å²) in [4.78, 5) is 11.8. The molecule has 1 aromatic carbocycles. The van der Waals surface area contributed by atoms with E-state index in [-0.39, 0.29) is 12.0 Å². The number of ether oxygens (including phenoxy) is 2. The van der Waals surface area contributed by atoms with E-state index < -0.39 is 0 Å². The number of nitrogens with one attached hydrogen (secondary N) is 1. The number of methoxy groups -OCH3 is 1. The fraction of sp³-hybridized carbons (Fsp3) is 0.533. The highest BCUT2D eigenvalue weighted by molar-refractivity contribution is 9.10. The summed E-state index contributed by atoms with van der Waals surface area (Å²) in [5, 5.41) is 2.94. The second-order valence-electron chi connectivity index (χ2n) is 5.01. The number of rotatable bonds is 6. The summed E-state index contributed by atoms with van der Waals surface area (Å²) in [6.45, 7) is 3.18. The van der Waals surface area contributed by atoms with Gasteiger partial charge in [0, 0.05) is 36.5 Å². The van der Waals surface area contributed by atoms with Crippen LogP contribution in [-0.2, 0) is 22.5 Å². The smallest absolute Gasteiger partial charge is 0.220 e. The molecule has 1 aromatic rings. The molecular weight excluding hydrogens is 322 g/mol. The predicted octanol–water partition coefficient (Wildman–Crippen LogP) is 2.82. The molecule has 1 heterocycles. The van der Waals surface area contributed by atoms with Crippen LogP contribution in [0.25, 0.3) is 0 Å². The Balaban J connectivity index is 1.90. The highest BCUT2D eigenvalue weighted by atomic mass is 79.9. The van der Waals surface area contributed by atoms with Crippen molar-refractivity contribution >= 4 is 21.8 Å². The summed E-state index contributed by atoms with van der Waals surface area (Å²) >= 11 is 3.50. The van der Waals surface area contributed by atoms with Crippen molar-refractivity contribution < 1.29 is 14.3 Å². The van der Waals surface area contributed by atoms with E-state index in [0.29, 0.717) is 13.0 Å². The molecule has 0 radical (unpaired) electrons. The normalized spacial score (nSPS) is 14.6. The van der Waals surface area contributed by atoms with Crippen LogP contribution in [0, 0.1) is 0 Å². The minimum atomic E-state index is 0.0422. The summed E-state index contributed by atoms with van der Waals surface area (Å²) in [6, 6.07) is 4.08. The van der Waals surface area contributed by atoms with E-state index in [9.17, 15) is 4.79 Å². The second kappa shape index (κ2) is 7.09. The van der Waals surface area contributed by atoms with Gasteiger partial charge in [0.05, 0.1) is 12.7 Å². The van der Waals surface area contributed by atoms with E-state index >= 15 is 0 Å². The topological polar surface area (TPSA) is 47.6 Å². The molecule has 1 unspecified atom stereocenters. The van der Waals surface area contributed by atoms with Crippen molar-refractivity contribution in [3.05, 3.63) is 27.7 Å². The number of amides is 1. The van der Waals surface area contributed by atoms with Crippen LogP contribution in [0.2, 0.25) is 0 Å². The molecule has 4 nitrogen and oxygen atoms in total. The number of halogens is 1. The molecule has 0 bridgehead atoms. The lowest BCUT2D eigenvalue weighted by molar-refractivity contribution is -0.121. The third-order valence-corrected chi connectivity index (χ3v) is 3.94. The number of carbonyl (C=O) groups excluding carboxylic acids is 1. The summed E-state index contributed by atoms with van der Waals surface area (Å²) in [7, 11) is 1.66. The molecule has 2 rings (SSSR count). The highest BCUT2D eigenvalue weighted by Gasteiger charge is 2.17. The zero-order chi connectivity index (χ0) is 14.5. The summed E-state index contributed by atoms with van der Waals surface area (Å²) in [5.41, 5.74) is 2.23. The number of benzene rings is 1. The Morgan fingerprint density at radius 2 is 2.35 bits per heavy atom. The molecule has 0 aromatic heterocycles. The molecule has 0 saturated heterocycles. The Kier molecular flexibility index (Phi) is 5.43. The van der Waals surface area contributed by atoms with Gasteiger partial charge in [0.15, 0.2) is 0 Å². The van der Waals surface area contributed by atoms with Crippen molar-refractivity contribution in [1.29, 1.82) is 0 Å². The van der Waals surface area contributed by atoms with Gasteiger partial charge in [-0.3, -0.25) is 4.79 Å². The molecule has 0 spiro atoms. The Morgan fingerprint density at radius 3 is 3.10 bits per heavy atom. The van der Waals surface area contributed by atoms with E-state index in [1.807, 2.05) is 13.0 Å². The average molecular weight is 342 g/mol. The largest absolute Gasteiger partial charge is 0.493 e. The van der Waals surface area contributed by atoms with Gasteiger partial charge in [0.1, 0.15) is 5.75 Å². The standard InChI is InChI=1S/C15H20BrNO3/c1-10(19-2)3-4-14(18)17-9-12-8-13(16)7-11-5-6-20-15(11)12/h7-8,10H,3-6,9H2,1-2H3,(H,17,18).